The number of hydrogen-bond acceptors (Lipinski definition) is 7. The van der Waals surface area contributed by atoms with Crippen LogP contribution in [0.15, 0.2) is 212 Å². The third-order valence-electron chi connectivity index (χ3n) is 15.2. The lowest BCUT2D eigenvalue weighted by Crippen LogP contribution is -2.16. The van der Waals surface area contributed by atoms with Crippen LogP contribution in [0, 0.1) is 13.8 Å². The summed E-state index contributed by atoms with van der Waals surface area (Å²) in [5.74, 6) is 0.427. The molecule has 0 amide bonds. The predicted molar refractivity (Wildman–Crippen MR) is 301 cm³/mol. The summed E-state index contributed by atoms with van der Waals surface area (Å²) >= 11 is 0. The molecule has 0 unspecified atom stereocenters. The van der Waals surface area contributed by atoms with Crippen LogP contribution in [0.2, 0.25) is 0 Å². The number of rotatable bonds is 6. The van der Waals surface area contributed by atoms with Gasteiger partial charge in [-0.1, -0.05) is 91.0 Å². The van der Waals surface area contributed by atoms with E-state index in [0.717, 1.165) is 144 Å². The van der Waals surface area contributed by atoms with Crippen molar-refractivity contribution in [1.29, 1.82) is 0 Å². The second-order valence-electron chi connectivity index (χ2n) is 19.2. The van der Waals surface area contributed by atoms with E-state index < -0.39 is 0 Å². The molecule has 16 rings (SSSR count). The van der Waals surface area contributed by atoms with Gasteiger partial charge in [0.15, 0.2) is 5.58 Å². The van der Waals surface area contributed by atoms with E-state index in [2.05, 4.69) is 166 Å². The van der Waals surface area contributed by atoms with Crippen LogP contribution in [0.3, 0.4) is 0 Å². The molecule has 16 aromatic rings. The van der Waals surface area contributed by atoms with Crippen molar-refractivity contribution >= 4 is 98.3 Å². The van der Waals surface area contributed by atoms with Gasteiger partial charge in [-0.05, 0) is 80.6 Å². The molecule has 0 saturated heterocycles. The lowest BCUT2D eigenvalue weighted by molar-refractivity contribution is 0.619. The fraction of sp³-hybridized carbons (Fsp3) is 0.0312. The van der Waals surface area contributed by atoms with E-state index in [1.807, 2.05) is 73.8 Å². The van der Waals surface area contributed by atoms with Crippen LogP contribution in [0.5, 0.6) is 0 Å². The number of para-hydroxylation sites is 6. The predicted octanol–water partition coefficient (Wildman–Crippen LogP) is 15.1. The number of hydrogen-bond donors (Lipinski definition) is 0. The number of nitrogens with zero attached hydrogens (tertiary/aromatic N) is 10. The Balaban J connectivity index is 1.32. The number of benzene rings is 6. The summed E-state index contributed by atoms with van der Waals surface area (Å²) in [6.07, 6.45) is 15.5. The van der Waals surface area contributed by atoms with E-state index in [4.69, 9.17) is 34.3 Å². The van der Waals surface area contributed by atoms with Gasteiger partial charge in [0.1, 0.15) is 5.52 Å². The van der Waals surface area contributed by atoms with Gasteiger partial charge in [0.05, 0.1) is 97.2 Å². The molecule has 0 aliphatic heterocycles. The van der Waals surface area contributed by atoms with E-state index in [-0.39, 0.29) is 0 Å². The Morgan fingerprint density at radius 3 is 1.09 bits per heavy atom. The molecular weight excluding hydrogens is 925 g/mol. The normalized spacial score (nSPS) is 12.1. The third kappa shape index (κ3) is 5.74. The molecule has 10 aromatic heterocycles. The van der Waals surface area contributed by atoms with Crippen LogP contribution in [0.1, 0.15) is 11.4 Å². The van der Waals surface area contributed by atoms with Crippen molar-refractivity contribution in [3.05, 3.63) is 219 Å². The average Bonchev–Trinajstić information content (AvgIpc) is 4.42. The molecule has 0 fully saturated rings. The Morgan fingerprint density at radius 2 is 0.693 bits per heavy atom. The van der Waals surface area contributed by atoms with Gasteiger partial charge in [-0.25, -0.2) is 4.98 Å². The summed E-state index contributed by atoms with van der Waals surface area (Å²) in [5.41, 5.74) is 16.7. The first-order chi connectivity index (χ1) is 37.1. The van der Waals surface area contributed by atoms with Crippen LogP contribution in [-0.4, -0.2) is 48.2 Å². The zero-order chi connectivity index (χ0) is 49.5. The Kier molecular flexibility index (Phi) is 8.62. The van der Waals surface area contributed by atoms with Crippen molar-refractivity contribution in [2.45, 2.75) is 13.8 Å². The van der Waals surface area contributed by atoms with Gasteiger partial charge < -0.3 is 22.7 Å². The van der Waals surface area contributed by atoms with Crippen LogP contribution in [-0.2, 0) is 0 Å². The average molecular weight is 965 g/mol. The highest BCUT2D eigenvalue weighted by molar-refractivity contribution is 6.18. The second kappa shape index (κ2) is 15.6. The maximum Gasteiger partial charge on any atom is 0.231 e. The van der Waals surface area contributed by atoms with Gasteiger partial charge in [0.2, 0.25) is 5.89 Å². The van der Waals surface area contributed by atoms with Crippen molar-refractivity contribution in [2.24, 2.45) is 0 Å². The smallest absolute Gasteiger partial charge is 0.231 e. The van der Waals surface area contributed by atoms with Crippen LogP contribution >= 0.6 is 0 Å². The van der Waals surface area contributed by atoms with E-state index >= 15 is 0 Å². The molecule has 0 spiro atoms. The van der Waals surface area contributed by atoms with Crippen molar-refractivity contribution in [3.8, 4) is 45.3 Å². The molecule has 6 aromatic carbocycles. The summed E-state index contributed by atoms with van der Waals surface area (Å²) in [7, 11) is 0. The largest absolute Gasteiger partial charge is 0.436 e. The quantitative estimate of drug-likeness (QED) is 0.163. The highest BCUT2D eigenvalue weighted by Crippen LogP contribution is 2.54. The van der Waals surface area contributed by atoms with E-state index in [0.29, 0.717) is 11.5 Å². The van der Waals surface area contributed by atoms with E-state index in [1.165, 1.54) is 0 Å². The molecule has 0 N–H and O–H groups in total. The number of pyridine rings is 5. The highest BCUT2D eigenvalue weighted by atomic mass is 16.3. The zero-order valence-corrected chi connectivity index (χ0v) is 40.5. The summed E-state index contributed by atoms with van der Waals surface area (Å²) in [5, 5.41) is 8.53. The topological polar surface area (TPSA) is 110 Å². The molecule has 0 saturated carbocycles. The zero-order valence-electron chi connectivity index (χ0n) is 40.5. The summed E-state index contributed by atoms with van der Waals surface area (Å²) in [4.78, 5) is 30.5. The highest BCUT2D eigenvalue weighted by Gasteiger charge is 2.37. The minimum Gasteiger partial charge on any atom is -0.436 e. The molecule has 0 atom stereocenters. The molecule has 75 heavy (non-hydrogen) atoms. The van der Waals surface area contributed by atoms with Crippen molar-refractivity contribution in [3.63, 3.8) is 0 Å². The maximum atomic E-state index is 7.33. The minimum atomic E-state index is 0.427. The van der Waals surface area contributed by atoms with Gasteiger partial charge in [-0.3, -0.25) is 24.9 Å². The fourth-order valence-corrected chi connectivity index (χ4v) is 12.2. The van der Waals surface area contributed by atoms with E-state index in [9.17, 15) is 0 Å². The van der Waals surface area contributed by atoms with Gasteiger partial charge in [0, 0.05) is 90.4 Å². The molecule has 352 valence electrons. The minimum absolute atomic E-state index is 0.427. The summed E-state index contributed by atoms with van der Waals surface area (Å²) in [6.45, 7) is 4.18. The molecule has 0 radical (unpaired) electrons. The lowest BCUT2D eigenvalue weighted by atomic mass is 9.92. The SMILES string of the molecule is Cc1ccc(-c2c(-n3c4ccccc4c4ccncc43)c(-n3c4ccccc4c4ccncc43)c(-c3nc4ccccc4o3)c(-n3c4ccccc4c4ccncc43)c2-n2c3ccccc3c3ccncc32)c(C)n1. The number of fused-ring (bicyclic) bond motifs is 13. The third-order valence-corrected chi connectivity index (χ3v) is 15.2. The standard InChI is InChI=1S/C64H40N10O/c1-37-23-24-39(38(2)69-37)58-60(71-49-18-8-3-13-40(49)44-25-29-65-33-53(44)71)62(73-51-20-10-5-15-42(51)46-27-31-67-35-55(46)73)59(64-70-48-17-7-12-22-57(48)75-64)63(74-52-21-11-6-16-43(52)47-28-32-68-36-56(47)74)61(58)72-50-19-9-4-14-41(50)45-26-30-66-34-54(45)72/h3-36H,1-2H3. The van der Waals surface area contributed by atoms with Gasteiger partial charge >= 0.3 is 0 Å². The maximum absolute atomic E-state index is 7.33. The Bertz CT molecular complexity index is 4570. The molecule has 10 heterocycles. The van der Waals surface area contributed by atoms with Crippen molar-refractivity contribution < 1.29 is 4.42 Å². The number of aryl methyl sites for hydroxylation is 2. The number of aromatic nitrogens is 10. The molecule has 0 aliphatic rings. The molecule has 0 bridgehead atoms. The molecule has 11 heteroatoms. The van der Waals surface area contributed by atoms with Gasteiger partial charge in [0.25, 0.3) is 0 Å². The first-order valence-corrected chi connectivity index (χ1v) is 25.0. The first-order valence-electron chi connectivity index (χ1n) is 25.0. The first kappa shape index (κ1) is 41.4. The summed E-state index contributed by atoms with van der Waals surface area (Å²) < 4.78 is 16.9. The number of oxazole rings is 1. The van der Waals surface area contributed by atoms with E-state index in [1.54, 1.807) is 0 Å². The molecule has 11 nitrogen and oxygen atoms in total. The van der Waals surface area contributed by atoms with Crippen LogP contribution in [0.4, 0.5) is 0 Å². The monoisotopic (exact) mass is 964 g/mol. The van der Waals surface area contributed by atoms with Crippen molar-refractivity contribution in [2.75, 3.05) is 0 Å². The Hall–Kier alpha value is -10.3. The Morgan fingerprint density at radius 1 is 0.333 bits per heavy atom. The summed E-state index contributed by atoms with van der Waals surface area (Å²) in [6, 6.07) is 55.4. The lowest BCUT2D eigenvalue weighted by Gasteiger charge is -2.30. The van der Waals surface area contributed by atoms with Crippen LogP contribution < -0.4 is 0 Å². The van der Waals surface area contributed by atoms with Gasteiger partial charge in [-0.2, -0.15) is 0 Å². The van der Waals surface area contributed by atoms with Crippen molar-refractivity contribution in [1.82, 2.24) is 48.2 Å². The second-order valence-corrected chi connectivity index (χ2v) is 19.2. The molecule has 0 aliphatic carbocycles. The Labute approximate surface area is 426 Å². The fourth-order valence-electron chi connectivity index (χ4n) is 12.2. The van der Waals surface area contributed by atoms with Crippen LogP contribution in [0.25, 0.3) is 144 Å². The van der Waals surface area contributed by atoms with Gasteiger partial charge in [-0.15, -0.1) is 0 Å². The molecular formula is C64H40N10O.